The van der Waals surface area contributed by atoms with Gasteiger partial charge in [-0.05, 0) is 56.1 Å². The number of hydrogen-bond donors (Lipinski definition) is 2. The highest BCUT2D eigenvalue weighted by molar-refractivity contribution is 5.97. The van der Waals surface area contributed by atoms with Gasteiger partial charge in [-0.25, -0.2) is 19.4 Å². The van der Waals surface area contributed by atoms with Crippen LogP contribution in [0.1, 0.15) is 75.3 Å². The molecular formula is C37H48N4O10. The quantitative estimate of drug-likeness (QED) is 0.196. The van der Waals surface area contributed by atoms with Gasteiger partial charge in [0, 0.05) is 29.9 Å². The summed E-state index contributed by atoms with van der Waals surface area (Å²) in [6.07, 6.45) is 3.69. The molecule has 14 nitrogen and oxygen atoms in total. The van der Waals surface area contributed by atoms with Crippen LogP contribution in [0, 0.1) is 18.3 Å². The van der Waals surface area contributed by atoms with Gasteiger partial charge in [0.05, 0.1) is 33.4 Å². The van der Waals surface area contributed by atoms with E-state index in [2.05, 4.69) is 22.2 Å². The number of amides is 3. The van der Waals surface area contributed by atoms with E-state index in [9.17, 15) is 24.0 Å². The lowest BCUT2D eigenvalue weighted by atomic mass is 9.85. The number of nitrogens with zero attached hydrogens (tertiary/aromatic N) is 2. The molecule has 5 rings (SSSR count). The molecule has 5 atom stereocenters. The van der Waals surface area contributed by atoms with Crippen LogP contribution >= 0.6 is 0 Å². The smallest absolute Gasteiger partial charge is 0.408 e. The van der Waals surface area contributed by atoms with E-state index >= 15 is 0 Å². The molecule has 51 heavy (non-hydrogen) atoms. The predicted molar refractivity (Wildman–Crippen MR) is 185 cm³/mol. The molecule has 2 heterocycles. The molecule has 1 aromatic carbocycles. The van der Waals surface area contributed by atoms with Gasteiger partial charge in [-0.3, -0.25) is 9.59 Å². The Morgan fingerprint density at radius 3 is 2.31 bits per heavy atom. The highest BCUT2D eigenvalue weighted by Gasteiger charge is 2.62. The Kier molecular flexibility index (Phi) is 10.8. The third-order valence-electron chi connectivity index (χ3n) is 9.97. The van der Waals surface area contributed by atoms with Crippen LogP contribution in [0.3, 0.4) is 0 Å². The molecule has 14 heteroatoms. The number of likely N-dealkylation sites (tertiary alicyclic amines) is 1. The molecular weight excluding hydrogens is 660 g/mol. The van der Waals surface area contributed by atoms with Gasteiger partial charge in [-0.2, -0.15) is 0 Å². The van der Waals surface area contributed by atoms with Crippen LogP contribution in [0.5, 0.6) is 11.5 Å². The predicted octanol–water partition coefficient (Wildman–Crippen LogP) is 4.00. The van der Waals surface area contributed by atoms with E-state index < -0.39 is 59.0 Å². The van der Waals surface area contributed by atoms with Crippen LogP contribution in [-0.2, 0) is 28.6 Å². The van der Waals surface area contributed by atoms with Gasteiger partial charge in [0.15, 0.2) is 5.69 Å². The normalized spacial score (nSPS) is 23.6. The lowest BCUT2D eigenvalue weighted by Gasteiger charge is -2.35. The lowest BCUT2D eigenvalue weighted by Crippen LogP contribution is -2.59. The second kappa shape index (κ2) is 14.8. The summed E-state index contributed by atoms with van der Waals surface area (Å²) in [6, 6.07) is 2.80. The van der Waals surface area contributed by atoms with Crippen LogP contribution in [0.2, 0.25) is 0 Å². The van der Waals surface area contributed by atoms with E-state index in [4.69, 9.17) is 23.7 Å². The molecule has 2 saturated carbocycles. The van der Waals surface area contributed by atoms with Crippen LogP contribution in [0.25, 0.3) is 10.9 Å². The minimum absolute atomic E-state index is 0.00637. The number of ether oxygens (including phenoxy) is 5. The van der Waals surface area contributed by atoms with Crippen LogP contribution in [0.4, 0.5) is 4.79 Å². The standard InChI is InChI=1S/C37H48N4O10/c1-9-21-18-37(21,34(45)49-8)40-31(42)27-15-23(19-41(27)32(43)30(36(3,4)5)39-35(46)51-22-12-10-11-13-22)50-29-17-26(33(44)48-7)38-25-16-28(47-6)20(2)14-24(25)29/h9,14,16-17,21-23,27,30H,1,10-13,15,18-19H2,2-8H3,(H,39,46)(H,40,42)/t21-,23-,27+,30-,37-/m1/s1. The largest absolute Gasteiger partial charge is 0.496 e. The Balaban J connectivity index is 1.49. The number of fused-ring (bicyclic) bond motifs is 1. The topological polar surface area (TPSA) is 172 Å². The first-order valence-corrected chi connectivity index (χ1v) is 17.2. The summed E-state index contributed by atoms with van der Waals surface area (Å²) in [5, 5.41) is 6.20. The molecule has 2 aromatic rings. The fraction of sp³-hybridized carbons (Fsp3) is 0.568. The summed E-state index contributed by atoms with van der Waals surface area (Å²) in [5.74, 6) is -1.90. The highest BCUT2D eigenvalue weighted by atomic mass is 16.6. The first-order chi connectivity index (χ1) is 24.1. The molecule has 3 fully saturated rings. The maximum absolute atomic E-state index is 14.5. The van der Waals surface area contributed by atoms with Crippen LogP contribution in [0.15, 0.2) is 30.9 Å². The number of carbonyl (C=O) groups is 5. The molecule has 2 N–H and O–H groups in total. The molecule has 1 saturated heterocycles. The van der Waals surface area contributed by atoms with Crippen molar-refractivity contribution in [3.05, 3.63) is 42.1 Å². The van der Waals surface area contributed by atoms with Crippen molar-refractivity contribution in [3.8, 4) is 11.5 Å². The number of esters is 2. The van der Waals surface area contributed by atoms with Crippen molar-refractivity contribution in [3.63, 3.8) is 0 Å². The molecule has 1 aromatic heterocycles. The Hall–Kier alpha value is -4.88. The molecule has 0 spiro atoms. The van der Waals surface area contributed by atoms with E-state index in [0.717, 1.165) is 31.2 Å². The van der Waals surface area contributed by atoms with Crippen molar-refractivity contribution in [2.75, 3.05) is 27.9 Å². The summed E-state index contributed by atoms with van der Waals surface area (Å²) in [7, 11) is 4.02. The van der Waals surface area contributed by atoms with Crippen LogP contribution in [-0.4, -0.2) is 97.4 Å². The van der Waals surface area contributed by atoms with Crippen molar-refractivity contribution in [2.45, 2.75) is 96.1 Å². The number of aryl methyl sites for hydroxylation is 1. The van der Waals surface area contributed by atoms with E-state index in [-0.39, 0.29) is 36.4 Å². The molecule has 3 aliphatic rings. The Bertz CT molecular complexity index is 1710. The third-order valence-corrected chi connectivity index (χ3v) is 9.97. The van der Waals surface area contributed by atoms with E-state index in [1.54, 1.807) is 12.1 Å². The number of alkyl carbamates (subject to hydrolysis) is 1. The van der Waals surface area contributed by atoms with Crippen molar-refractivity contribution >= 4 is 40.7 Å². The van der Waals surface area contributed by atoms with E-state index in [1.165, 1.54) is 32.3 Å². The van der Waals surface area contributed by atoms with E-state index in [0.29, 0.717) is 23.1 Å². The fourth-order valence-corrected chi connectivity index (χ4v) is 7.02. The first-order valence-electron chi connectivity index (χ1n) is 17.2. The molecule has 0 radical (unpaired) electrons. The second-order valence-electron chi connectivity index (χ2n) is 14.6. The van der Waals surface area contributed by atoms with Gasteiger partial charge in [-0.15, -0.1) is 6.58 Å². The highest BCUT2D eigenvalue weighted by Crippen LogP contribution is 2.46. The lowest BCUT2D eigenvalue weighted by molar-refractivity contribution is -0.148. The first kappa shape index (κ1) is 37.4. The zero-order valence-electron chi connectivity index (χ0n) is 30.3. The number of carbonyl (C=O) groups excluding carboxylic acids is 5. The summed E-state index contributed by atoms with van der Waals surface area (Å²) < 4.78 is 27.6. The monoisotopic (exact) mass is 708 g/mol. The Morgan fingerprint density at radius 1 is 1.02 bits per heavy atom. The number of hydrogen-bond acceptors (Lipinski definition) is 11. The van der Waals surface area contributed by atoms with Crippen molar-refractivity contribution < 1.29 is 47.7 Å². The number of pyridine rings is 1. The molecule has 0 bridgehead atoms. The van der Waals surface area contributed by atoms with Gasteiger partial charge in [0.1, 0.15) is 41.3 Å². The number of methoxy groups -OCH3 is 3. The van der Waals surface area contributed by atoms with Gasteiger partial charge >= 0.3 is 18.0 Å². The maximum atomic E-state index is 14.5. The zero-order valence-corrected chi connectivity index (χ0v) is 30.3. The minimum atomic E-state index is -1.30. The number of benzene rings is 1. The summed E-state index contributed by atoms with van der Waals surface area (Å²) in [6.45, 7) is 11.0. The summed E-state index contributed by atoms with van der Waals surface area (Å²) >= 11 is 0. The van der Waals surface area contributed by atoms with Gasteiger partial charge in [-0.1, -0.05) is 26.8 Å². The van der Waals surface area contributed by atoms with Crippen molar-refractivity contribution in [2.24, 2.45) is 11.3 Å². The molecule has 2 aliphatic carbocycles. The van der Waals surface area contributed by atoms with Gasteiger partial charge in [0.25, 0.3) is 0 Å². The van der Waals surface area contributed by atoms with Crippen LogP contribution < -0.4 is 20.1 Å². The molecule has 0 unspecified atom stereocenters. The maximum Gasteiger partial charge on any atom is 0.408 e. The number of rotatable bonds is 11. The van der Waals surface area contributed by atoms with Gasteiger partial charge < -0.3 is 39.2 Å². The fourth-order valence-electron chi connectivity index (χ4n) is 7.02. The Morgan fingerprint density at radius 2 is 1.73 bits per heavy atom. The second-order valence-corrected chi connectivity index (χ2v) is 14.6. The van der Waals surface area contributed by atoms with E-state index in [1.807, 2.05) is 33.8 Å². The summed E-state index contributed by atoms with van der Waals surface area (Å²) in [5.41, 5.74) is -0.885. The number of nitrogens with one attached hydrogen (secondary N) is 2. The van der Waals surface area contributed by atoms with Gasteiger partial charge in [0.2, 0.25) is 11.8 Å². The third kappa shape index (κ3) is 7.74. The van der Waals surface area contributed by atoms with Crippen molar-refractivity contribution in [1.29, 1.82) is 0 Å². The summed E-state index contributed by atoms with van der Waals surface area (Å²) in [4.78, 5) is 73.0. The molecule has 3 amide bonds. The zero-order chi connectivity index (χ0) is 37.2. The average Bonchev–Trinajstić information content (AvgIpc) is 3.36. The Labute approximate surface area is 297 Å². The average molecular weight is 709 g/mol. The number of aromatic nitrogens is 1. The SMILES string of the molecule is C=C[C@@H]1C[C@]1(NC(=O)[C@@H]1C[C@@H](Oc2cc(C(=O)OC)nc3cc(OC)c(C)cc23)CN1C(=O)[C@@H](NC(=O)OC1CCCC1)C(C)(C)C)C(=O)OC. The molecule has 1 aliphatic heterocycles. The molecule has 276 valence electrons. The van der Waals surface area contributed by atoms with Crippen molar-refractivity contribution in [1.82, 2.24) is 20.5 Å². The minimum Gasteiger partial charge on any atom is -0.496 e.